The molecule has 2 amide bonds. The summed E-state index contributed by atoms with van der Waals surface area (Å²) in [7, 11) is 1.62. The van der Waals surface area contributed by atoms with Crippen molar-refractivity contribution in [3.63, 3.8) is 0 Å². The van der Waals surface area contributed by atoms with Crippen molar-refractivity contribution < 1.29 is 14.3 Å². The van der Waals surface area contributed by atoms with E-state index in [0.29, 0.717) is 23.7 Å². The van der Waals surface area contributed by atoms with E-state index in [9.17, 15) is 9.59 Å². The smallest absolute Gasteiger partial charge is 0.239 e. The van der Waals surface area contributed by atoms with Gasteiger partial charge in [-0.3, -0.25) is 9.59 Å². The third-order valence-corrected chi connectivity index (χ3v) is 4.83. The van der Waals surface area contributed by atoms with Crippen molar-refractivity contribution in [3.8, 4) is 5.75 Å². The van der Waals surface area contributed by atoms with Crippen molar-refractivity contribution >= 4 is 29.1 Å². The molecule has 27 heavy (non-hydrogen) atoms. The maximum atomic E-state index is 12.5. The highest BCUT2D eigenvalue weighted by atomic mass is 35.5. The lowest BCUT2D eigenvalue weighted by Crippen LogP contribution is -2.45. The van der Waals surface area contributed by atoms with E-state index in [2.05, 4.69) is 10.6 Å². The number of ether oxygens (including phenoxy) is 1. The summed E-state index contributed by atoms with van der Waals surface area (Å²) in [5, 5.41) is 6.15. The first-order chi connectivity index (χ1) is 12.7. The molecule has 144 valence electrons. The topological polar surface area (TPSA) is 67.4 Å². The number of benzene rings is 2. The number of anilines is 1. The van der Waals surface area contributed by atoms with Gasteiger partial charge in [-0.15, -0.1) is 0 Å². The fraction of sp³-hybridized carbons (Fsp3) is 0.333. The van der Waals surface area contributed by atoms with Gasteiger partial charge in [0.05, 0.1) is 7.11 Å². The number of nitrogens with one attached hydrogen (secondary N) is 2. The zero-order valence-corrected chi connectivity index (χ0v) is 16.8. The minimum Gasteiger partial charge on any atom is -0.497 e. The molecule has 0 bridgehead atoms. The molecule has 0 radical (unpaired) electrons. The number of aryl methyl sites for hydroxylation is 1. The lowest BCUT2D eigenvalue weighted by molar-refractivity contribution is -0.138. The standard InChI is InChI=1S/C21H25ClN2O3/c1-14-5-8-16(13-18(14)22)24-20(26)21(2,3)19(25)23-12-11-15-6-9-17(27-4)10-7-15/h5-10,13H,11-12H2,1-4H3,(H,23,25)(H,24,26). The van der Waals surface area contributed by atoms with Gasteiger partial charge in [0.2, 0.25) is 11.8 Å². The Morgan fingerprint density at radius 3 is 2.33 bits per heavy atom. The molecule has 6 heteroatoms. The number of amides is 2. The zero-order chi connectivity index (χ0) is 20.0. The molecular formula is C21H25ClN2O3. The predicted octanol–water partition coefficient (Wildman–Crippen LogP) is 3.98. The summed E-state index contributed by atoms with van der Waals surface area (Å²) < 4.78 is 5.12. The molecule has 0 unspecified atom stereocenters. The van der Waals surface area contributed by atoms with E-state index < -0.39 is 5.41 Å². The third-order valence-electron chi connectivity index (χ3n) is 4.42. The van der Waals surface area contributed by atoms with Crippen LogP contribution in [0.15, 0.2) is 42.5 Å². The second kappa shape index (κ2) is 8.91. The molecule has 0 heterocycles. The molecule has 2 aromatic rings. The largest absolute Gasteiger partial charge is 0.497 e. The van der Waals surface area contributed by atoms with Crippen LogP contribution >= 0.6 is 11.6 Å². The normalized spacial score (nSPS) is 11.0. The molecule has 5 nitrogen and oxygen atoms in total. The van der Waals surface area contributed by atoms with Gasteiger partial charge in [0.15, 0.2) is 0 Å². The van der Waals surface area contributed by atoms with E-state index in [1.807, 2.05) is 37.3 Å². The molecule has 0 saturated heterocycles. The van der Waals surface area contributed by atoms with Crippen molar-refractivity contribution in [1.82, 2.24) is 5.32 Å². The van der Waals surface area contributed by atoms with Crippen LogP contribution in [0.3, 0.4) is 0 Å². The summed E-state index contributed by atoms with van der Waals surface area (Å²) in [6, 6.07) is 12.9. The van der Waals surface area contributed by atoms with Gasteiger partial charge >= 0.3 is 0 Å². The Balaban J connectivity index is 1.90. The third kappa shape index (κ3) is 5.47. The fourth-order valence-corrected chi connectivity index (χ4v) is 2.58. The Morgan fingerprint density at radius 1 is 1.07 bits per heavy atom. The molecule has 0 aliphatic rings. The predicted molar refractivity (Wildman–Crippen MR) is 108 cm³/mol. The average Bonchev–Trinajstić information content (AvgIpc) is 2.65. The molecule has 0 aliphatic heterocycles. The molecule has 0 aromatic heterocycles. The quantitative estimate of drug-likeness (QED) is 0.705. The molecule has 2 N–H and O–H groups in total. The van der Waals surface area contributed by atoms with E-state index in [-0.39, 0.29) is 11.8 Å². The highest BCUT2D eigenvalue weighted by Gasteiger charge is 2.35. The Kier molecular flexibility index (Phi) is 6.86. The molecule has 0 spiro atoms. The minimum atomic E-state index is -1.21. The van der Waals surface area contributed by atoms with Gasteiger partial charge in [0.1, 0.15) is 11.2 Å². The van der Waals surface area contributed by atoms with Crippen LogP contribution in [0.2, 0.25) is 5.02 Å². The van der Waals surface area contributed by atoms with Crippen molar-refractivity contribution in [2.75, 3.05) is 19.0 Å². The molecule has 2 aromatic carbocycles. The first kappa shape index (κ1) is 20.8. The van der Waals surface area contributed by atoms with Crippen LogP contribution in [-0.4, -0.2) is 25.5 Å². The molecule has 0 fully saturated rings. The lowest BCUT2D eigenvalue weighted by atomic mass is 9.90. The van der Waals surface area contributed by atoms with Crippen LogP contribution in [0, 0.1) is 12.3 Å². The van der Waals surface area contributed by atoms with Crippen LogP contribution in [0.4, 0.5) is 5.69 Å². The van der Waals surface area contributed by atoms with E-state index in [4.69, 9.17) is 16.3 Å². The van der Waals surface area contributed by atoms with Crippen molar-refractivity contribution in [2.45, 2.75) is 27.2 Å². The number of rotatable bonds is 7. The highest BCUT2D eigenvalue weighted by Crippen LogP contribution is 2.23. The summed E-state index contributed by atoms with van der Waals surface area (Å²) >= 11 is 6.08. The average molecular weight is 389 g/mol. The van der Waals surface area contributed by atoms with Gasteiger partial charge in [-0.2, -0.15) is 0 Å². The Bertz CT molecular complexity index is 817. The molecule has 2 rings (SSSR count). The Labute approximate surface area is 165 Å². The van der Waals surface area contributed by atoms with E-state index in [0.717, 1.165) is 16.9 Å². The van der Waals surface area contributed by atoms with Gasteiger partial charge in [-0.1, -0.05) is 29.8 Å². The van der Waals surface area contributed by atoms with Gasteiger partial charge in [0.25, 0.3) is 0 Å². The van der Waals surface area contributed by atoms with E-state index >= 15 is 0 Å². The first-order valence-corrected chi connectivity index (χ1v) is 9.10. The lowest BCUT2D eigenvalue weighted by Gasteiger charge is -2.23. The van der Waals surface area contributed by atoms with Gasteiger partial charge < -0.3 is 15.4 Å². The second-order valence-electron chi connectivity index (χ2n) is 6.90. The summed E-state index contributed by atoms with van der Waals surface area (Å²) in [4.78, 5) is 25.0. The first-order valence-electron chi connectivity index (χ1n) is 8.73. The SMILES string of the molecule is COc1ccc(CCNC(=O)C(C)(C)C(=O)Nc2ccc(C)c(Cl)c2)cc1. The van der Waals surface area contributed by atoms with Crippen molar-refractivity contribution in [2.24, 2.45) is 5.41 Å². The monoisotopic (exact) mass is 388 g/mol. The van der Waals surface area contributed by atoms with Crippen molar-refractivity contribution in [3.05, 3.63) is 58.6 Å². The number of methoxy groups -OCH3 is 1. The number of halogens is 1. The number of carbonyl (C=O) groups excluding carboxylic acids is 2. The molecule has 0 atom stereocenters. The maximum Gasteiger partial charge on any atom is 0.239 e. The van der Waals surface area contributed by atoms with Crippen LogP contribution in [0.25, 0.3) is 0 Å². The molecule has 0 aliphatic carbocycles. The number of carbonyl (C=O) groups is 2. The second-order valence-corrected chi connectivity index (χ2v) is 7.30. The van der Waals surface area contributed by atoms with Crippen molar-refractivity contribution in [1.29, 1.82) is 0 Å². The summed E-state index contributed by atoms with van der Waals surface area (Å²) in [6.45, 7) is 5.52. The maximum absolute atomic E-state index is 12.5. The summed E-state index contributed by atoms with van der Waals surface area (Å²) in [6.07, 6.45) is 0.668. The Morgan fingerprint density at radius 2 is 1.74 bits per heavy atom. The zero-order valence-electron chi connectivity index (χ0n) is 16.1. The highest BCUT2D eigenvalue weighted by molar-refractivity contribution is 6.31. The van der Waals surface area contributed by atoms with Gasteiger partial charge in [-0.25, -0.2) is 0 Å². The van der Waals surface area contributed by atoms with Crippen LogP contribution in [0.1, 0.15) is 25.0 Å². The molecule has 0 saturated carbocycles. The summed E-state index contributed by atoms with van der Waals surface area (Å²) in [5.74, 6) is 0.0767. The van der Waals surface area contributed by atoms with E-state index in [1.165, 1.54) is 0 Å². The van der Waals surface area contributed by atoms with Gasteiger partial charge in [0, 0.05) is 17.3 Å². The summed E-state index contributed by atoms with van der Waals surface area (Å²) in [5.41, 5.74) is 1.35. The minimum absolute atomic E-state index is 0.327. The Hall–Kier alpha value is -2.53. The van der Waals surface area contributed by atoms with Crippen LogP contribution in [-0.2, 0) is 16.0 Å². The number of hydrogen-bond donors (Lipinski definition) is 2. The van der Waals surface area contributed by atoms with Gasteiger partial charge in [-0.05, 0) is 62.6 Å². The van der Waals surface area contributed by atoms with E-state index in [1.54, 1.807) is 33.1 Å². The van der Waals surface area contributed by atoms with Crippen LogP contribution in [0.5, 0.6) is 5.75 Å². The molecular weight excluding hydrogens is 364 g/mol. The number of hydrogen-bond acceptors (Lipinski definition) is 3. The fourth-order valence-electron chi connectivity index (χ4n) is 2.39. The van der Waals surface area contributed by atoms with Crippen LogP contribution < -0.4 is 15.4 Å².